The van der Waals surface area contributed by atoms with E-state index in [1.165, 1.54) is 18.4 Å². The second-order valence-electron chi connectivity index (χ2n) is 3.31. The van der Waals surface area contributed by atoms with Crippen molar-refractivity contribution in [3.63, 3.8) is 0 Å². The molecule has 0 bridgehead atoms. The number of allylic oxidation sites excluding steroid dienone is 1. The average molecular weight is 249 g/mol. The summed E-state index contributed by atoms with van der Waals surface area (Å²) >= 11 is 3.39. The molecule has 1 fully saturated rings. The molecule has 3 heteroatoms. The van der Waals surface area contributed by atoms with Gasteiger partial charge in [0.05, 0.1) is 6.61 Å². The molecule has 0 amide bonds. The molecule has 1 aliphatic heterocycles. The quantitative estimate of drug-likeness (QED) is 0.563. The van der Waals surface area contributed by atoms with Crippen LogP contribution < -0.4 is 0 Å². The van der Waals surface area contributed by atoms with Crippen LogP contribution in [0.5, 0.6) is 0 Å². The lowest BCUT2D eigenvalue weighted by atomic mass is 10.2. The van der Waals surface area contributed by atoms with Crippen LogP contribution in [-0.2, 0) is 9.47 Å². The molecule has 13 heavy (non-hydrogen) atoms. The highest BCUT2D eigenvalue weighted by Crippen LogP contribution is 2.13. The van der Waals surface area contributed by atoms with Crippen molar-refractivity contribution < 1.29 is 9.47 Å². The van der Waals surface area contributed by atoms with Gasteiger partial charge in [-0.05, 0) is 26.2 Å². The van der Waals surface area contributed by atoms with E-state index in [0.29, 0.717) is 6.61 Å². The maximum absolute atomic E-state index is 5.54. The largest absolute Gasteiger partial charge is 0.353 e. The lowest BCUT2D eigenvalue weighted by Crippen LogP contribution is -2.22. The number of hydrogen-bond donors (Lipinski definition) is 0. The fourth-order valence-electron chi connectivity index (χ4n) is 1.19. The Balaban J connectivity index is 2.10. The van der Waals surface area contributed by atoms with Gasteiger partial charge >= 0.3 is 0 Å². The van der Waals surface area contributed by atoms with Crippen molar-refractivity contribution >= 4 is 15.9 Å². The normalized spacial score (nSPS) is 24.8. The first-order valence-corrected chi connectivity index (χ1v) is 5.90. The minimum absolute atomic E-state index is 0.0353. The molecule has 0 saturated carbocycles. The van der Waals surface area contributed by atoms with E-state index in [0.717, 1.165) is 18.4 Å². The van der Waals surface area contributed by atoms with Crippen molar-refractivity contribution in [1.29, 1.82) is 0 Å². The summed E-state index contributed by atoms with van der Waals surface area (Å²) in [6, 6.07) is 0. The summed E-state index contributed by atoms with van der Waals surface area (Å²) in [7, 11) is 0. The molecular formula is C10H17BrO2. The number of rotatable bonds is 4. The molecule has 0 N–H and O–H groups in total. The van der Waals surface area contributed by atoms with Gasteiger partial charge in [0.1, 0.15) is 0 Å². The highest BCUT2D eigenvalue weighted by atomic mass is 79.9. The van der Waals surface area contributed by atoms with Gasteiger partial charge in [-0.2, -0.15) is 0 Å². The van der Waals surface area contributed by atoms with E-state index in [1.807, 2.05) is 0 Å². The highest BCUT2D eigenvalue weighted by Gasteiger charge is 2.12. The summed E-state index contributed by atoms with van der Waals surface area (Å²) < 4.78 is 11.0. The number of hydrogen-bond acceptors (Lipinski definition) is 2. The van der Waals surface area contributed by atoms with Gasteiger partial charge in [0.15, 0.2) is 6.29 Å². The third-order valence-corrected chi connectivity index (χ3v) is 2.95. The Hall–Kier alpha value is 0.140. The molecule has 0 aromatic heterocycles. The Kier molecular flexibility index (Phi) is 5.67. The molecule has 76 valence electrons. The second-order valence-corrected chi connectivity index (χ2v) is 3.87. The number of alkyl halides is 1. The van der Waals surface area contributed by atoms with Gasteiger partial charge in [-0.15, -0.1) is 0 Å². The summed E-state index contributed by atoms with van der Waals surface area (Å²) in [6.07, 6.45) is 5.57. The number of halogens is 1. The first kappa shape index (κ1) is 11.2. The summed E-state index contributed by atoms with van der Waals surface area (Å²) in [5.41, 5.74) is 1.30. The van der Waals surface area contributed by atoms with Gasteiger partial charge in [-0.3, -0.25) is 0 Å². The van der Waals surface area contributed by atoms with Crippen molar-refractivity contribution in [2.75, 3.05) is 18.5 Å². The minimum atomic E-state index is 0.0353. The van der Waals surface area contributed by atoms with Gasteiger partial charge in [0.2, 0.25) is 0 Å². The molecule has 2 nitrogen and oxygen atoms in total. The molecule has 0 radical (unpaired) electrons. The maximum atomic E-state index is 5.54. The van der Waals surface area contributed by atoms with Gasteiger partial charge in [0, 0.05) is 11.9 Å². The van der Waals surface area contributed by atoms with Crippen LogP contribution in [-0.4, -0.2) is 24.8 Å². The molecule has 1 aliphatic rings. The van der Waals surface area contributed by atoms with E-state index >= 15 is 0 Å². The van der Waals surface area contributed by atoms with Gasteiger partial charge in [-0.25, -0.2) is 0 Å². The monoisotopic (exact) mass is 248 g/mol. The summed E-state index contributed by atoms with van der Waals surface area (Å²) in [5, 5.41) is 0.919. The zero-order valence-corrected chi connectivity index (χ0v) is 9.68. The van der Waals surface area contributed by atoms with Crippen LogP contribution in [0, 0.1) is 0 Å². The summed E-state index contributed by atoms with van der Waals surface area (Å²) in [5.74, 6) is 0. The van der Waals surface area contributed by atoms with Gasteiger partial charge in [-0.1, -0.05) is 27.6 Å². The lowest BCUT2D eigenvalue weighted by molar-refractivity contribution is -0.155. The molecule has 1 saturated heterocycles. The van der Waals surface area contributed by atoms with Crippen LogP contribution in [0.15, 0.2) is 11.6 Å². The van der Waals surface area contributed by atoms with Crippen molar-refractivity contribution in [1.82, 2.24) is 0 Å². The van der Waals surface area contributed by atoms with E-state index in [9.17, 15) is 0 Å². The Bertz CT molecular complexity index is 162. The molecule has 0 aromatic rings. The molecule has 1 heterocycles. The zero-order valence-electron chi connectivity index (χ0n) is 8.09. The molecule has 0 aromatic carbocycles. The maximum Gasteiger partial charge on any atom is 0.157 e. The first-order valence-electron chi connectivity index (χ1n) is 4.77. The summed E-state index contributed by atoms with van der Waals surface area (Å²) in [4.78, 5) is 0. The van der Waals surface area contributed by atoms with Crippen LogP contribution in [0.4, 0.5) is 0 Å². The smallest absolute Gasteiger partial charge is 0.157 e. The zero-order chi connectivity index (χ0) is 9.52. The third-order valence-electron chi connectivity index (χ3n) is 2.06. The standard InChI is InChI=1S/C10H17BrO2/c1-9(8-11)5-7-13-10-4-2-3-6-12-10/h5,10H,2-4,6-8H2,1H3. The van der Waals surface area contributed by atoms with E-state index < -0.39 is 0 Å². The van der Waals surface area contributed by atoms with Crippen molar-refractivity contribution in [2.45, 2.75) is 32.5 Å². The predicted molar refractivity (Wildman–Crippen MR) is 57.1 cm³/mol. The minimum Gasteiger partial charge on any atom is -0.353 e. The van der Waals surface area contributed by atoms with Crippen molar-refractivity contribution in [3.05, 3.63) is 11.6 Å². The van der Waals surface area contributed by atoms with E-state index in [4.69, 9.17) is 9.47 Å². The molecule has 1 atom stereocenters. The first-order chi connectivity index (χ1) is 6.33. The molecule has 0 aliphatic carbocycles. The van der Waals surface area contributed by atoms with E-state index in [2.05, 4.69) is 28.9 Å². The second kappa shape index (κ2) is 6.57. The van der Waals surface area contributed by atoms with Crippen LogP contribution in [0.2, 0.25) is 0 Å². The Morgan fingerprint density at radius 1 is 1.62 bits per heavy atom. The van der Waals surface area contributed by atoms with Crippen LogP contribution in [0.3, 0.4) is 0 Å². The Morgan fingerprint density at radius 2 is 2.46 bits per heavy atom. The predicted octanol–water partition coefficient (Wildman–Crippen LogP) is 2.87. The van der Waals surface area contributed by atoms with Crippen molar-refractivity contribution in [3.8, 4) is 0 Å². The van der Waals surface area contributed by atoms with Crippen LogP contribution in [0.25, 0.3) is 0 Å². The fourth-order valence-corrected chi connectivity index (χ4v) is 1.42. The number of ether oxygens (including phenoxy) is 2. The van der Waals surface area contributed by atoms with E-state index in [1.54, 1.807) is 0 Å². The van der Waals surface area contributed by atoms with Gasteiger partial charge in [0.25, 0.3) is 0 Å². The fraction of sp³-hybridized carbons (Fsp3) is 0.800. The molecule has 1 rings (SSSR count). The topological polar surface area (TPSA) is 18.5 Å². The average Bonchev–Trinajstić information content (AvgIpc) is 2.19. The third kappa shape index (κ3) is 4.79. The SMILES string of the molecule is CC(=CCOC1CCCCO1)CBr. The summed E-state index contributed by atoms with van der Waals surface area (Å²) in [6.45, 7) is 3.60. The van der Waals surface area contributed by atoms with E-state index in [-0.39, 0.29) is 6.29 Å². The Morgan fingerprint density at radius 3 is 3.08 bits per heavy atom. The van der Waals surface area contributed by atoms with Crippen LogP contribution in [0.1, 0.15) is 26.2 Å². The Labute approximate surface area is 88.4 Å². The molecular weight excluding hydrogens is 232 g/mol. The lowest BCUT2D eigenvalue weighted by Gasteiger charge is -2.22. The van der Waals surface area contributed by atoms with Gasteiger partial charge < -0.3 is 9.47 Å². The molecule has 1 unspecified atom stereocenters. The highest BCUT2D eigenvalue weighted by molar-refractivity contribution is 9.09. The van der Waals surface area contributed by atoms with Crippen LogP contribution >= 0.6 is 15.9 Å². The van der Waals surface area contributed by atoms with Crippen molar-refractivity contribution in [2.24, 2.45) is 0 Å². The molecule has 0 spiro atoms.